The van der Waals surface area contributed by atoms with Crippen molar-refractivity contribution in [2.75, 3.05) is 12.0 Å². The monoisotopic (exact) mass is 504 g/mol. The van der Waals surface area contributed by atoms with E-state index in [1.54, 1.807) is 7.11 Å². The fourth-order valence-corrected chi connectivity index (χ4v) is 4.82. The summed E-state index contributed by atoms with van der Waals surface area (Å²) in [5.41, 5.74) is 4.02. The van der Waals surface area contributed by atoms with Gasteiger partial charge in [-0.15, -0.1) is 0 Å². The van der Waals surface area contributed by atoms with Gasteiger partial charge in [0.25, 0.3) is 0 Å². The zero-order valence-electron chi connectivity index (χ0n) is 17.4. The predicted octanol–water partition coefficient (Wildman–Crippen LogP) is 5.82. The maximum atomic E-state index is 5.85. The van der Waals surface area contributed by atoms with Gasteiger partial charge in [-0.25, -0.2) is 0 Å². The van der Waals surface area contributed by atoms with E-state index in [-0.39, 0.29) is 12.1 Å². The maximum absolute atomic E-state index is 5.85. The van der Waals surface area contributed by atoms with Gasteiger partial charge in [-0.3, -0.25) is 4.98 Å². The standard InChI is InChI=1S/C25H21BrN4OS/c1-31-22-10-3-2-8-20(22)30-24(23(28-25(30)32)19-7-4-5-15-27-19)21-9-6-16-29(21)18-13-11-17(26)12-14-18/h2-16,23-24H,1H3,(H,28,32). The number of hydrogen-bond acceptors (Lipinski definition) is 3. The Labute approximate surface area is 200 Å². The highest BCUT2D eigenvalue weighted by Gasteiger charge is 2.43. The smallest absolute Gasteiger partial charge is 0.174 e. The topological polar surface area (TPSA) is 42.3 Å². The number of halogens is 1. The molecular formula is C25H21BrN4OS. The van der Waals surface area contributed by atoms with Crippen LogP contribution < -0.4 is 15.0 Å². The molecule has 1 fully saturated rings. The Balaban J connectivity index is 1.68. The van der Waals surface area contributed by atoms with Crippen molar-refractivity contribution in [2.24, 2.45) is 0 Å². The number of rotatable bonds is 5. The van der Waals surface area contributed by atoms with Crippen molar-refractivity contribution < 1.29 is 4.74 Å². The van der Waals surface area contributed by atoms with Crippen LogP contribution in [0.5, 0.6) is 5.75 Å². The van der Waals surface area contributed by atoms with Crippen LogP contribution in [0.4, 0.5) is 5.69 Å². The van der Waals surface area contributed by atoms with Crippen LogP contribution in [0, 0.1) is 0 Å². The highest BCUT2D eigenvalue weighted by Crippen LogP contribution is 2.44. The van der Waals surface area contributed by atoms with Crippen molar-refractivity contribution in [1.29, 1.82) is 0 Å². The van der Waals surface area contributed by atoms with Crippen molar-refractivity contribution in [1.82, 2.24) is 14.9 Å². The first-order valence-electron chi connectivity index (χ1n) is 10.2. The molecule has 0 radical (unpaired) electrons. The molecule has 32 heavy (non-hydrogen) atoms. The summed E-state index contributed by atoms with van der Waals surface area (Å²) >= 11 is 9.38. The van der Waals surface area contributed by atoms with Crippen LogP contribution in [0.15, 0.2) is 95.7 Å². The van der Waals surface area contributed by atoms with Crippen molar-refractivity contribution >= 4 is 38.9 Å². The highest BCUT2D eigenvalue weighted by molar-refractivity contribution is 9.10. The molecule has 5 nitrogen and oxygen atoms in total. The number of nitrogens with one attached hydrogen (secondary N) is 1. The molecular weight excluding hydrogens is 484 g/mol. The number of thiocarbonyl (C=S) groups is 1. The fraction of sp³-hybridized carbons (Fsp3) is 0.120. The van der Waals surface area contributed by atoms with E-state index in [1.807, 2.05) is 60.8 Å². The fourth-order valence-electron chi connectivity index (χ4n) is 4.22. The lowest BCUT2D eigenvalue weighted by Gasteiger charge is -2.30. The number of anilines is 1. The molecule has 1 N–H and O–H groups in total. The van der Waals surface area contributed by atoms with Crippen molar-refractivity contribution in [3.63, 3.8) is 0 Å². The number of pyridine rings is 1. The molecule has 3 heterocycles. The number of aromatic nitrogens is 2. The average molecular weight is 505 g/mol. The Bertz CT molecular complexity index is 1240. The molecule has 5 rings (SSSR count). The number of methoxy groups -OCH3 is 1. The van der Waals surface area contributed by atoms with Gasteiger partial charge < -0.3 is 19.5 Å². The van der Waals surface area contributed by atoms with E-state index in [1.165, 1.54) is 0 Å². The lowest BCUT2D eigenvalue weighted by molar-refractivity contribution is 0.414. The molecule has 0 spiro atoms. The molecule has 4 aromatic rings. The summed E-state index contributed by atoms with van der Waals surface area (Å²) in [6, 6.07) is 26.1. The van der Waals surface area contributed by atoms with Crippen LogP contribution in [0.1, 0.15) is 23.5 Å². The number of benzene rings is 2. The summed E-state index contributed by atoms with van der Waals surface area (Å²) in [6.45, 7) is 0. The molecule has 0 aliphatic carbocycles. The molecule has 2 aromatic heterocycles. The molecule has 1 saturated heterocycles. The van der Waals surface area contributed by atoms with Crippen LogP contribution in [-0.4, -0.2) is 21.8 Å². The normalized spacial score (nSPS) is 17.9. The molecule has 1 aliphatic heterocycles. The van der Waals surface area contributed by atoms with Crippen LogP contribution in [0.3, 0.4) is 0 Å². The number of nitrogens with zero attached hydrogens (tertiary/aromatic N) is 3. The molecule has 0 amide bonds. The van der Waals surface area contributed by atoms with Gasteiger partial charge in [0.15, 0.2) is 5.11 Å². The highest BCUT2D eigenvalue weighted by atomic mass is 79.9. The average Bonchev–Trinajstić information content (AvgIpc) is 3.44. The molecule has 2 unspecified atom stereocenters. The Morgan fingerprint density at radius 2 is 1.75 bits per heavy atom. The van der Waals surface area contributed by atoms with E-state index in [2.05, 4.69) is 66.2 Å². The number of hydrogen-bond donors (Lipinski definition) is 1. The molecule has 1 aliphatic rings. The largest absolute Gasteiger partial charge is 0.495 e. The minimum Gasteiger partial charge on any atom is -0.495 e. The van der Waals surface area contributed by atoms with E-state index in [0.29, 0.717) is 5.11 Å². The molecule has 160 valence electrons. The summed E-state index contributed by atoms with van der Waals surface area (Å²) in [5, 5.41) is 4.15. The zero-order chi connectivity index (χ0) is 22.1. The van der Waals surface area contributed by atoms with Crippen molar-refractivity contribution in [3.8, 4) is 11.4 Å². The Morgan fingerprint density at radius 3 is 2.50 bits per heavy atom. The first-order chi connectivity index (χ1) is 15.7. The van der Waals surface area contributed by atoms with Gasteiger partial charge in [0, 0.05) is 28.2 Å². The van der Waals surface area contributed by atoms with Crippen LogP contribution >= 0.6 is 28.1 Å². The summed E-state index contributed by atoms with van der Waals surface area (Å²) in [6.07, 6.45) is 3.90. The second-order valence-corrected chi connectivity index (χ2v) is 8.75. The molecule has 0 saturated carbocycles. The Morgan fingerprint density at radius 1 is 0.969 bits per heavy atom. The molecule has 2 atom stereocenters. The van der Waals surface area contributed by atoms with E-state index < -0.39 is 0 Å². The van der Waals surface area contributed by atoms with Crippen molar-refractivity contribution in [3.05, 3.63) is 107 Å². The van der Waals surface area contributed by atoms with Gasteiger partial charge in [-0.05, 0) is 72.9 Å². The predicted molar refractivity (Wildman–Crippen MR) is 134 cm³/mol. The quantitative estimate of drug-likeness (QED) is 0.346. The third-order valence-electron chi connectivity index (χ3n) is 5.63. The number of ether oxygens (including phenoxy) is 1. The summed E-state index contributed by atoms with van der Waals surface area (Å²) in [4.78, 5) is 6.78. The minimum atomic E-state index is -0.132. The minimum absolute atomic E-state index is 0.127. The van der Waals surface area contributed by atoms with E-state index >= 15 is 0 Å². The van der Waals surface area contributed by atoms with Gasteiger partial charge in [-0.2, -0.15) is 0 Å². The van der Waals surface area contributed by atoms with Gasteiger partial charge in [-0.1, -0.05) is 34.1 Å². The Kier molecular flexibility index (Phi) is 5.68. The van der Waals surface area contributed by atoms with Gasteiger partial charge in [0.2, 0.25) is 0 Å². The SMILES string of the molecule is COc1ccccc1N1C(=S)NC(c2ccccn2)C1c1cccn1-c1ccc(Br)cc1. The van der Waals surface area contributed by atoms with E-state index in [4.69, 9.17) is 17.0 Å². The van der Waals surface area contributed by atoms with Gasteiger partial charge >= 0.3 is 0 Å². The third kappa shape index (κ3) is 3.67. The summed E-state index contributed by atoms with van der Waals surface area (Å²) < 4.78 is 8.93. The molecule has 7 heteroatoms. The molecule has 0 bridgehead atoms. The lowest BCUT2D eigenvalue weighted by atomic mass is 10.0. The van der Waals surface area contributed by atoms with Gasteiger partial charge in [0.05, 0.1) is 24.5 Å². The van der Waals surface area contributed by atoms with Gasteiger partial charge in [0.1, 0.15) is 11.8 Å². The summed E-state index contributed by atoms with van der Waals surface area (Å²) in [7, 11) is 1.68. The van der Waals surface area contributed by atoms with Crippen molar-refractivity contribution in [2.45, 2.75) is 12.1 Å². The zero-order valence-corrected chi connectivity index (χ0v) is 19.8. The Hall–Kier alpha value is -3.16. The van der Waals surface area contributed by atoms with E-state index in [9.17, 15) is 0 Å². The van der Waals surface area contributed by atoms with Crippen LogP contribution in [0.25, 0.3) is 5.69 Å². The number of para-hydroxylation sites is 2. The third-order valence-corrected chi connectivity index (χ3v) is 6.47. The lowest BCUT2D eigenvalue weighted by Crippen LogP contribution is -2.30. The van der Waals surface area contributed by atoms with E-state index in [0.717, 1.165) is 33.0 Å². The van der Waals surface area contributed by atoms with Crippen LogP contribution in [0.2, 0.25) is 0 Å². The second kappa shape index (κ2) is 8.76. The molecule has 2 aromatic carbocycles. The first kappa shape index (κ1) is 20.7. The maximum Gasteiger partial charge on any atom is 0.174 e. The second-order valence-electron chi connectivity index (χ2n) is 7.45. The van der Waals surface area contributed by atoms with Crippen LogP contribution in [-0.2, 0) is 0 Å². The first-order valence-corrected chi connectivity index (χ1v) is 11.4. The summed E-state index contributed by atoms with van der Waals surface area (Å²) in [5.74, 6) is 0.769.